The van der Waals surface area contributed by atoms with Crippen LogP contribution in [-0.2, 0) is 4.79 Å². The molecule has 0 radical (unpaired) electrons. The Morgan fingerprint density at radius 1 is 1.39 bits per heavy atom. The summed E-state index contributed by atoms with van der Waals surface area (Å²) >= 11 is 5.75. The number of phenolic OH excluding ortho intramolecular Hbond substituents is 1. The molecule has 0 aliphatic carbocycles. The number of carbonyl (C=O) groups excluding carboxylic acids is 1. The Kier molecular flexibility index (Phi) is 4.97. The van der Waals surface area contributed by atoms with Gasteiger partial charge in [-0.3, -0.25) is 9.59 Å². The van der Waals surface area contributed by atoms with Crippen molar-refractivity contribution in [3.05, 3.63) is 28.8 Å². The fourth-order valence-electron chi connectivity index (χ4n) is 1.45. The lowest BCUT2D eigenvalue weighted by atomic mass is 10.1. The molecule has 0 bridgehead atoms. The lowest BCUT2D eigenvalue weighted by Gasteiger charge is -2.17. The topological polar surface area (TPSA) is 77.8 Å². The molecule has 6 heteroatoms. The number of carbonyl (C=O) groups is 2. The molecule has 0 atom stereocenters. The lowest BCUT2D eigenvalue weighted by molar-refractivity contribution is -0.137. The summed E-state index contributed by atoms with van der Waals surface area (Å²) in [5.74, 6) is -1.43. The van der Waals surface area contributed by atoms with Crippen LogP contribution in [0.5, 0.6) is 5.75 Å². The van der Waals surface area contributed by atoms with Crippen molar-refractivity contribution in [3.63, 3.8) is 0 Å². The molecule has 0 aliphatic rings. The Balaban J connectivity index is 2.68. The van der Waals surface area contributed by atoms with Gasteiger partial charge in [-0.25, -0.2) is 0 Å². The second kappa shape index (κ2) is 6.26. The summed E-state index contributed by atoms with van der Waals surface area (Å²) in [5.41, 5.74) is 0.111. The van der Waals surface area contributed by atoms with Gasteiger partial charge in [-0.2, -0.15) is 0 Å². The van der Waals surface area contributed by atoms with Crippen LogP contribution >= 0.6 is 11.6 Å². The number of nitrogens with zero attached hydrogens (tertiary/aromatic N) is 1. The van der Waals surface area contributed by atoms with Gasteiger partial charge in [0.05, 0.1) is 5.56 Å². The molecule has 0 spiro atoms. The molecule has 0 saturated carbocycles. The molecule has 5 nitrogen and oxygen atoms in total. The number of hydrogen-bond acceptors (Lipinski definition) is 3. The summed E-state index contributed by atoms with van der Waals surface area (Å²) in [6.45, 7) is 0.303. The third kappa shape index (κ3) is 3.92. The Hall–Kier alpha value is -1.75. The van der Waals surface area contributed by atoms with Crippen molar-refractivity contribution >= 4 is 23.5 Å². The maximum atomic E-state index is 12.0. The summed E-state index contributed by atoms with van der Waals surface area (Å²) in [4.78, 5) is 23.7. The second-order valence-corrected chi connectivity index (χ2v) is 4.32. The van der Waals surface area contributed by atoms with Crippen molar-refractivity contribution < 1.29 is 19.8 Å². The highest BCUT2D eigenvalue weighted by molar-refractivity contribution is 6.31. The van der Waals surface area contributed by atoms with Crippen LogP contribution in [0, 0.1) is 0 Å². The third-order valence-electron chi connectivity index (χ3n) is 2.42. The highest BCUT2D eigenvalue weighted by atomic mass is 35.5. The average molecular weight is 272 g/mol. The van der Waals surface area contributed by atoms with E-state index in [4.69, 9.17) is 16.7 Å². The third-order valence-corrected chi connectivity index (χ3v) is 2.65. The maximum Gasteiger partial charge on any atom is 0.303 e. The number of aromatic hydroxyl groups is 1. The van der Waals surface area contributed by atoms with Crippen LogP contribution in [-0.4, -0.2) is 40.6 Å². The summed E-state index contributed by atoms with van der Waals surface area (Å²) in [7, 11) is 1.55. The van der Waals surface area contributed by atoms with Gasteiger partial charge in [0.2, 0.25) is 0 Å². The van der Waals surface area contributed by atoms with Gasteiger partial charge in [-0.05, 0) is 24.6 Å². The Labute approximate surface area is 110 Å². The first-order valence-corrected chi connectivity index (χ1v) is 5.75. The molecule has 1 rings (SSSR count). The van der Waals surface area contributed by atoms with Gasteiger partial charge in [0.15, 0.2) is 0 Å². The number of hydrogen-bond donors (Lipinski definition) is 2. The van der Waals surface area contributed by atoms with E-state index in [9.17, 15) is 14.7 Å². The summed E-state index contributed by atoms with van der Waals surface area (Å²) in [6.07, 6.45) is 0.359. The smallest absolute Gasteiger partial charge is 0.303 e. The minimum Gasteiger partial charge on any atom is -0.507 e. The van der Waals surface area contributed by atoms with Gasteiger partial charge in [-0.1, -0.05) is 11.6 Å². The fourth-order valence-corrected chi connectivity index (χ4v) is 1.63. The molecule has 0 saturated heterocycles. The molecule has 0 aromatic heterocycles. The van der Waals surface area contributed by atoms with E-state index in [1.54, 1.807) is 7.05 Å². The van der Waals surface area contributed by atoms with Crippen molar-refractivity contribution in [2.75, 3.05) is 13.6 Å². The molecule has 0 heterocycles. The number of rotatable bonds is 5. The first-order valence-electron chi connectivity index (χ1n) is 5.37. The van der Waals surface area contributed by atoms with Crippen LogP contribution < -0.4 is 0 Å². The zero-order valence-electron chi connectivity index (χ0n) is 9.89. The number of halogens is 1. The standard InChI is InChI=1S/C12H14ClNO4/c1-14(6-2-3-11(16)17)12(18)9-7-8(13)4-5-10(9)15/h4-5,7,15H,2-3,6H2,1H3,(H,16,17). The van der Waals surface area contributed by atoms with Gasteiger partial charge >= 0.3 is 5.97 Å². The molecular weight excluding hydrogens is 258 g/mol. The SMILES string of the molecule is CN(CCCC(=O)O)C(=O)c1cc(Cl)ccc1O. The van der Waals surface area contributed by atoms with Crippen LogP contribution in [0.4, 0.5) is 0 Å². The van der Waals surface area contributed by atoms with E-state index in [2.05, 4.69) is 0 Å². The number of amides is 1. The van der Waals surface area contributed by atoms with Crippen LogP contribution in [0.1, 0.15) is 23.2 Å². The normalized spacial score (nSPS) is 10.1. The predicted octanol–water partition coefficient (Wildman–Crippen LogP) is 1.98. The highest BCUT2D eigenvalue weighted by Crippen LogP contribution is 2.22. The minimum absolute atomic E-state index is 0.000845. The number of carboxylic acids is 1. The van der Waals surface area contributed by atoms with Gasteiger partial charge < -0.3 is 15.1 Å². The molecule has 18 heavy (non-hydrogen) atoms. The van der Waals surface area contributed by atoms with E-state index >= 15 is 0 Å². The van der Waals surface area contributed by atoms with Crippen LogP contribution in [0.2, 0.25) is 5.02 Å². The monoisotopic (exact) mass is 271 g/mol. The van der Waals surface area contributed by atoms with E-state index in [1.165, 1.54) is 23.1 Å². The number of aliphatic carboxylic acids is 1. The first kappa shape index (κ1) is 14.3. The zero-order valence-corrected chi connectivity index (χ0v) is 10.6. The molecule has 1 amide bonds. The molecule has 0 fully saturated rings. The summed E-state index contributed by atoms with van der Waals surface area (Å²) in [5, 5.41) is 18.4. The Morgan fingerprint density at radius 3 is 2.67 bits per heavy atom. The fraction of sp³-hybridized carbons (Fsp3) is 0.333. The largest absolute Gasteiger partial charge is 0.507 e. The predicted molar refractivity (Wildman–Crippen MR) is 66.9 cm³/mol. The van der Waals surface area contributed by atoms with Crippen molar-refractivity contribution in [3.8, 4) is 5.75 Å². The van der Waals surface area contributed by atoms with Crippen molar-refractivity contribution in [1.29, 1.82) is 0 Å². The number of carboxylic acid groups (broad SMARTS) is 1. The molecule has 0 aliphatic heterocycles. The van der Waals surface area contributed by atoms with Crippen LogP contribution in [0.15, 0.2) is 18.2 Å². The van der Waals surface area contributed by atoms with Gasteiger partial charge in [0.1, 0.15) is 5.75 Å². The minimum atomic E-state index is -0.901. The van der Waals surface area contributed by atoms with E-state index in [-0.39, 0.29) is 23.6 Å². The van der Waals surface area contributed by atoms with Gasteiger partial charge in [-0.15, -0.1) is 0 Å². The molecule has 1 aromatic rings. The summed E-state index contributed by atoms with van der Waals surface area (Å²) < 4.78 is 0. The van der Waals surface area contributed by atoms with Gasteiger partial charge in [0, 0.05) is 25.0 Å². The maximum absolute atomic E-state index is 12.0. The number of phenols is 1. The summed E-state index contributed by atoms with van der Waals surface area (Å²) in [6, 6.07) is 4.21. The van der Waals surface area contributed by atoms with Gasteiger partial charge in [0.25, 0.3) is 5.91 Å². The lowest BCUT2D eigenvalue weighted by Crippen LogP contribution is -2.28. The molecule has 98 valence electrons. The van der Waals surface area contributed by atoms with E-state index in [0.717, 1.165) is 0 Å². The van der Waals surface area contributed by atoms with Crippen molar-refractivity contribution in [1.82, 2.24) is 4.90 Å². The molecule has 2 N–H and O–H groups in total. The number of benzene rings is 1. The van der Waals surface area contributed by atoms with Crippen LogP contribution in [0.25, 0.3) is 0 Å². The molecular formula is C12H14ClNO4. The van der Waals surface area contributed by atoms with E-state index in [0.29, 0.717) is 18.0 Å². The zero-order chi connectivity index (χ0) is 13.7. The molecule has 0 unspecified atom stereocenters. The van der Waals surface area contributed by atoms with Crippen molar-refractivity contribution in [2.24, 2.45) is 0 Å². The Bertz CT molecular complexity index is 461. The Morgan fingerprint density at radius 2 is 2.06 bits per heavy atom. The van der Waals surface area contributed by atoms with E-state index < -0.39 is 5.97 Å². The second-order valence-electron chi connectivity index (χ2n) is 3.89. The highest BCUT2D eigenvalue weighted by Gasteiger charge is 2.16. The van der Waals surface area contributed by atoms with E-state index in [1.807, 2.05) is 0 Å². The quantitative estimate of drug-likeness (QED) is 0.858. The van der Waals surface area contributed by atoms with Crippen LogP contribution in [0.3, 0.4) is 0 Å². The first-order chi connectivity index (χ1) is 8.41. The molecule has 1 aromatic carbocycles. The average Bonchev–Trinajstić information content (AvgIpc) is 2.30. The van der Waals surface area contributed by atoms with Crippen molar-refractivity contribution in [2.45, 2.75) is 12.8 Å².